The predicted octanol–water partition coefficient (Wildman–Crippen LogP) is 0.272. The molecule has 0 radical (unpaired) electrons. The Morgan fingerprint density at radius 2 is 1.89 bits per heavy atom. The third-order valence-electron chi connectivity index (χ3n) is 2.16. The van der Waals surface area contributed by atoms with Crippen LogP contribution < -0.4 is 15.8 Å². The molecule has 0 atom stereocenters. The molecule has 0 aliphatic heterocycles. The predicted molar refractivity (Wildman–Crippen MR) is 69.6 cm³/mol. The fourth-order valence-corrected chi connectivity index (χ4v) is 2.39. The Labute approximate surface area is 107 Å². The van der Waals surface area contributed by atoms with Crippen LogP contribution in [0.4, 0.5) is 5.69 Å². The summed E-state index contributed by atoms with van der Waals surface area (Å²) < 4.78 is 26.0. The number of amides is 1. The van der Waals surface area contributed by atoms with Gasteiger partial charge in [-0.15, -0.1) is 0 Å². The summed E-state index contributed by atoms with van der Waals surface area (Å²) in [4.78, 5) is 11.0. The zero-order chi connectivity index (χ0) is 13.6. The van der Waals surface area contributed by atoms with Gasteiger partial charge in [-0.2, -0.15) is 0 Å². The summed E-state index contributed by atoms with van der Waals surface area (Å²) in [6, 6.07) is 5.96. The lowest BCUT2D eigenvalue weighted by Gasteiger charge is -2.07. The van der Waals surface area contributed by atoms with Crippen molar-refractivity contribution >= 4 is 21.6 Å². The topological polar surface area (TPSA) is 101 Å². The Balaban J connectivity index is 2.74. The molecule has 18 heavy (non-hydrogen) atoms. The number of sulfonamides is 1. The third-order valence-corrected chi connectivity index (χ3v) is 3.63. The van der Waals surface area contributed by atoms with Crippen molar-refractivity contribution in [2.24, 2.45) is 5.73 Å². The molecular formula is C11H17N3O3S. The summed E-state index contributed by atoms with van der Waals surface area (Å²) in [6.45, 7) is 2.13. The summed E-state index contributed by atoms with van der Waals surface area (Å²) >= 11 is 0. The average molecular weight is 271 g/mol. The molecule has 0 aliphatic rings. The SMILES string of the molecule is CC(=O)Nc1ccc(S(=O)(=O)NCCCN)cc1. The van der Waals surface area contributed by atoms with E-state index in [0.29, 0.717) is 25.2 Å². The highest BCUT2D eigenvalue weighted by atomic mass is 32.2. The Hall–Kier alpha value is -1.44. The van der Waals surface area contributed by atoms with E-state index in [1.165, 1.54) is 19.1 Å². The molecule has 7 heteroatoms. The smallest absolute Gasteiger partial charge is 0.240 e. The van der Waals surface area contributed by atoms with Crippen molar-refractivity contribution in [3.05, 3.63) is 24.3 Å². The Kier molecular flexibility index (Phi) is 5.26. The molecule has 0 saturated heterocycles. The summed E-state index contributed by atoms with van der Waals surface area (Å²) in [5.74, 6) is -0.202. The van der Waals surface area contributed by atoms with Crippen molar-refractivity contribution in [1.82, 2.24) is 4.72 Å². The van der Waals surface area contributed by atoms with Crippen molar-refractivity contribution in [2.45, 2.75) is 18.2 Å². The molecule has 0 heterocycles. The molecule has 0 bridgehead atoms. The minimum absolute atomic E-state index is 0.161. The molecule has 1 rings (SSSR count). The largest absolute Gasteiger partial charge is 0.330 e. The van der Waals surface area contributed by atoms with E-state index < -0.39 is 10.0 Å². The van der Waals surface area contributed by atoms with Gasteiger partial charge in [-0.1, -0.05) is 0 Å². The van der Waals surface area contributed by atoms with Crippen LogP contribution in [0, 0.1) is 0 Å². The van der Waals surface area contributed by atoms with Gasteiger partial charge >= 0.3 is 0 Å². The van der Waals surface area contributed by atoms with Crippen molar-refractivity contribution in [3.8, 4) is 0 Å². The summed E-state index contributed by atoms with van der Waals surface area (Å²) in [5, 5.41) is 2.57. The quantitative estimate of drug-likeness (QED) is 0.646. The minimum Gasteiger partial charge on any atom is -0.330 e. The van der Waals surface area contributed by atoms with Gasteiger partial charge in [0.1, 0.15) is 0 Å². The molecule has 0 aromatic heterocycles. The second-order valence-corrected chi connectivity index (χ2v) is 5.51. The van der Waals surface area contributed by atoms with Crippen LogP contribution in [0.5, 0.6) is 0 Å². The zero-order valence-electron chi connectivity index (χ0n) is 10.1. The lowest BCUT2D eigenvalue weighted by Crippen LogP contribution is -2.26. The van der Waals surface area contributed by atoms with Gasteiger partial charge in [0.05, 0.1) is 4.90 Å². The van der Waals surface area contributed by atoms with Gasteiger partial charge in [0.15, 0.2) is 0 Å². The second kappa shape index (κ2) is 6.48. The molecule has 0 saturated carbocycles. The first-order valence-corrected chi connectivity index (χ1v) is 7.01. The lowest BCUT2D eigenvalue weighted by atomic mass is 10.3. The first-order valence-electron chi connectivity index (χ1n) is 5.53. The van der Waals surface area contributed by atoms with Crippen molar-refractivity contribution in [3.63, 3.8) is 0 Å². The Morgan fingerprint density at radius 1 is 1.28 bits per heavy atom. The van der Waals surface area contributed by atoms with Crippen LogP contribution in [0.2, 0.25) is 0 Å². The maximum atomic E-state index is 11.8. The zero-order valence-corrected chi connectivity index (χ0v) is 11.0. The average Bonchev–Trinajstić information content (AvgIpc) is 2.29. The molecule has 100 valence electrons. The van der Waals surface area contributed by atoms with E-state index in [9.17, 15) is 13.2 Å². The van der Waals surface area contributed by atoms with E-state index in [0.717, 1.165) is 0 Å². The molecule has 6 nitrogen and oxygen atoms in total. The number of anilines is 1. The summed E-state index contributed by atoms with van der Waals surface area (Å²) in [6.07, 6.45) is 0.587. The second-order valence-electron chi connectivity index (χ2n) is 3.75. The number of carbonyl (C=O) groups excluding carboxylic acids is 1. The van der Waals surface area contributed by atoms with Gasteiger partial charge in [0, 0.05) is 19.2 Å². The van der Waals surface area contributed by atoms with Crippen LogP contribution >= 0.6 is 0 Å². The van der Waals surface area contributed by atoms with E-state index in [-0.39, 0.29) is 10.8 Å². The number of hydrogen-bond donors (Lipinski definition) is 3. The first kappa shape index (κ1) is 14.6. The number of benzene rings is 1. The highest BCUT2D eigenvalue weighted by Crippen LogP contribution is 2.13. The monoisotopic (exact) mass is 271 g/mol. The van der Waals surface area contributed by atoms with Crippen molar-refractivity contribution < 1.29 is 13.2 Å². The number of nitrogens with one attached hydrogen (secondary N) is 2. The van der Waals surface area contributed by atoms with Crippen LogP contribution in [0.1, 0.15) is 13.3 Å². The van der Waals surface area contributed by atoms with Crippen LogP contribution in [0.25, 0.3) is 0 Å². The van der Waals surface area contributed by atoms with Gasteiger partial charge in [-0.25, -0.2) is 13.1 Å². The fraction of sp³-hybridized carbons (Fsp3) is 0.364. The van der Waals surface area contributed by atoms with Gasteiger partial charge in [0.2, 0.25) is 15.9 Å². The van der Waals surface area contributed by atoms with Crippen LogP contribution in [-0.4, -0.2) is 27.4 Å². The lowest BCUT2D eigenvalue weighted by molar-refractivity contribution is -0.114. The van der Waals surface area contributed by atoms with Gasteiger partial charge < -0.3 is 11.1 Å². The van der Waals surface area contributed by atoms with E-state index in [1.807, 2.05) is 0 Å². The number of hydrogen-bond acceptors (Lipinski definition) is 4. The third kappa shape index (κ3) is 4.44. The molecule has 0 unspecified atom stereocenters. The molecule has 0 spiro atoms. The highest BCUT2D eigenvalue weighted by molar-refractivity contribution is 7.89. The Morgan fingerprint density at radius 3 is 2.39 bits per heavy atom. The van der Waals surface area contributed by atoms with E-state index in [4.69, 9.17) is 5.73 Å². The highest BCUT2D eigenvalue weighted by Gasteiger charge is 2.12. The van der Waals surface area contributed by atoms with E-state index >= 15 is 0 Å². The number of rotatable bonds is 6. The maximum Gasteiger partial charge on any atom is 0.240 e. The maximum absolute atomic E-state index is 11.8. The van der Waals surface area contributed by atoms with Crippen LogP contribution in [0.3, 0.4) is 0 Å². The normalized spacial score (nSPS) is 11.2. The van der Waals surface area contributed by atoms with Gasteiger partial charge in [0.25, 0.3) is 0 Å². The number of carbonyl (C=O) groups is 1. The van der Waals surface area contributed by atoms with E-state index in [2.05, 4.69) is 10.0 Å². The molecule has 1 aromatic rings. The van der Waals surface area contributed by atoms with Gasteiger partial charge in [-0.3, -0.25) is 4.79 Å². The number of nitrogens with two attached hydrogens (primary N) is 1. The van der Waals surface area contributed by atoms with E-state index in [1.54, 1.807) is 12.1 Å². The first-order chi connectivity index (χ1) is 8.45. The standard InChI is InChI=1S/C11H17N3O3S/c1-9(15)14-10-3-5-11(6-4-10)18(16,17)13-8-2-7-12/h3-6,13H,2,7-8,12H2,1H3,(H,14,15). The summed E-state index contributed by atoms with van der Waals surface area (Å²) in [5.41, 5.74) is 5.85. The fourth-order valence-electron chi connectivity index (χ4n) is 1.31. The Bertz CT molecular complexity index is 497. The van der Waals surface area contributed by atoms with Crippen molar-refractivity contribution in [1.29, 1.82) is 0 Å². The van der Waals surface area contributed by atoms with Crippen LogP contribution in [-0.2, 0) is 14.8 Å². The molecular weight excluding hydrogens is 254 g/mol. The summed E-state index contributed by atoms with van der Waals surface area (Å²) in [7, 11) is -3.50. The van der Waals surface area contributed by atoms with Crippen molar-refractivity contribution in [2.75, 3.05) is 18.4 Å². The molecule has 4 N–H and O–H groups in total. The minimum atomic E-state index is -3.50. The van der Waals surface area contributed by atoms with Crippen LogP contribution in [0.15, 0.2) is 29.2 Å². The molecule has 0 fully saturated rings. The molecule has 0 aliphatic carbocycles. The van der Waals surface area contributed by atoms with Gasteiger partial charge in [-0.05, 0) is 37.2 Å². The molecule has 1 aromatic carbocycles. The molecule has 1 amide bonds.